The lowest BCUT2D eigenvalue weighted by Gasteiger charge is -2.13. The van der Waals surface area contributed by atoms with E-state index in [2.05, 4.69) is 0 Å². The van der Waals surface area contributed by atoms with Crippen LogP contribution in [-0.2, 0) is 14.6 Å². The number of rotatable bonds is 6. The third-order valence-electron chi connectivity index (χ3n) is 2.69. The van der Waals surface area contributed by atoms with Gasteiger partial charge in [0, 0.05) is 0 Å². The molecule has 0 aliphatic carbocycles. The van der Waals surface area contributed by atoms with Gasteiger partial charge in [0.15, 0.2) is 26.7 Å². The standard InChI is InChI=1S/C12H14F2O4S/c1-2-3-4-11(12(15)16)19(17,18)8-5-6-9(13)10(14)7-8/h5-7,11H,2-4H2,1H3,(H,15,16). The fourth-order valence-corrected chi connectivity index (χ4v) is 3.22. The van der Waals surface area contributed by atoms with Gasteiger partial charge in [-0.3, -0.25) is 4.79 Å². The molecule has 0 fully saturated rings. The van der Waals surface area contributed by atoms with E-state index in [1.54, 1.807) is 6.92 Å². The Morgan fingerprint density at radius 3 is 2.42 bits per heavy atom. The summed E-state index contributed by atoms with van der Waals surface area (Å²) in [5.74, 6) is -3.99. The molecule has 7 heteroatoms. The average Bonchev–Trinajstić information content (AvgIpc) is 2.32. The van der Waals surface area contributed by atoms with Gasteiger partial charge >= 0.3 is 5.97 Å². The Kier molecular flexibility index (Phi) is 4.99. The van der Waals surface area contributed by atoms with E-state index in [1.165, 1.54) is 0 Å². The van der Waals surface area contributed by atoms with Crippen molar-refractivity contribution in [3.05, 3.63) is 29.8 Å². The molecule has 0 radical (unpaired) electrons. The Morgan fingerprint density at radius 2 is 1.95 bits per heavy atom. The van der Waals surface area contributed by atoms with Crippen LogP contribution in [0.15, 0.2) is 23.1 Å². The van der Waals surface area contributed by atoms with Gasteiger partial charge in [-0.25, -0.2) is 17.2 Å². The summed E-state index contributed by atoms with van der Waals surface area (Å²) < 4.78 is 49.9. The number of sulfone groups is 1. The first-order valence-corrected chi connectivity index (χ1v) is 7.27. The van der Waals surface area contributed by atoms with E-state index in [-0.39, 0.29) is 6.42 Å². The van der Waals surface area contributed by atoms with Gasteiger partial charge in [-0.1, -0.05) is 19.8 Å². The normalized spacial score (nSPS) is 13.2. The predicted molar refractivity (Wildman–Crippen MR) is 64.5 cm³/mol. The quantitative estimate of drug-likeness (QED) is 0.817. The molecular weight excluding hydrogens is 278 g/mol. The monoisotopic (exact) mass is 292 g/mol. The maximum Gasteiger partial charge on any atom is 0.322 e. The van der Waals surface area contributed by atoms with E-state index in [0.717, 1.165) is 6.07 Å². The van der Waals surface area contributed by atoms with Gasteiger partial charge in [-0.05, 0) is 24.6 Å². The first-order chi connectivity index (χ1) is 8.80. The summed E-state index contributed by atoms with van der Waals surface area (Å²) in [5, 5.41) is 7.33. The number of benzene rings is 1. The van der Waals surface area contributed by atoms with Gasteiger partial charge in [0.25, 0.3) is 0 Å². The van der Waals surface area contributed by atoms with E-state index in [0.29, 0.717) is 25.0 Å². The van der Waals surface area contributed by atoms with Crippen LogP contribution in [0.25, 0.3) is 0 Å². The van der Waals surface area contributed by atoms with Gasteiger partial charge < -0.3 is 5.11 Å². The summed E-state index contributed by atoms with van der Waals surface area (Å²) in [7, 11) is -4.22. The number of carboxylic acid groups (broad SMARTS) is 1. The lowest BCUT2D eigenvalue weighted by molar-refractivity contribution is -0.136. The van der Waals surface area contributed by atoms with Gasteiger partial charge in [-0.15, -0.1) is 0 Å². The molecule has 0 saturated carbocycles. The van der Waals surface area contributed by atoms with Gasteiger partial charge in [0.2, 0.25) is 0 Å². The highest BCUT2D eigenvalue weighted by molar-refractivity contribution is 7.92. The van der Waals surface area contributed by atoms with Crippen molar-refractivity contribution < 1.29 is 27.1 Å². The van der Waals surface area contributed by atoms with Crippen LogP contribution in [0.2, 0.25) is 0 Å². The Balaban J connectivity index is 3.18. The van der Waals surface area contributed by atoms with Crippen molar-refractivity contribution in [3.63, 3.8) is 0 Å². The lowest BCUT2D eigenvalue weighted by atomic mass is 10.2. The number of aliphatic carboxylic acids is 1. The molecule has 0 saturated heterocycles. The number of carboxylic acids is 1. The second-order valence-electron chi connectivity index (χ2n) is 4.09. The van der Waals surface area contributed by atoms with E-state index in [9.17, 15) is 22.0 Å². The predicted octanol–water partition coefficient (Wildman–Crippen LogP) is 2.38. The van der Waals surface area contributed by atoms with Crippen LogP contribution in [-0.4, -0.2) is 24.7 Å². The highest BCUT2D eigenvalue weighted by Gasteiger charge is 2.33. The first-order valence-electron chi connectivity index (χ1n) is 5.72. The third-order valence-corrected chi connectivity index (χ3v) is 4.79. The Hall–Kier alpha value is -1.50. The molecule has 0 aliphatic heterocycles. The smallest absolute Gasteiger partial charge is 0.322 e. The molecule has 0 amide bonds. The number of halogens is 2. The number of carbonyl (C=O) groups is 1. The van der Waals surface area contributed by atoms with Crippen LogP contribution >= 0.6 is 0 Å². The third kappa shape index (κ3) is 3.50. The fourth-order valence-electron chi connectivity index (χ4n) is 1.62. The Morgan fingerprint density at radius 1 is 1.32 bits per heavy atom. The van der Waals surface area contributed by atoms with E-state index in [1.807, 2.05) is 0 Å². The van der Waals surface area contributed by atoms with Gasteiger partial charge in [0.05, 0.1) is 4.90 Å². The van der Waals surface area contributed by atoms with Gasteiger partial charge in [0.1, 0.15) is 0 Å². The summed E-state index contributed by atoms with van der Waals surface area (Å²) in [6.45, 7) is 1.79. The van der Waals surface area contributed by atoms with Crippen LogP contribution in [0.1, 0.15) is 26.2 Å². The molecule has 1 aromatic rings. The zero-order chi connectivity index (χ0) is 14.6. The number of hydrogen-bond donors (Lipinski definition) is 1. The zero-order valence-electron chi connectivity index (χ0n) is 10.3. The largest absolute Gasteiger partial charge is 0.480 e. The fraction of sp³-hybridized carbons (Fsp3) is 0.417. The Bertz CT molecular complexity index is 569. The first kappa shape index (κ1) is 15.6. The van der Waals surface area contributed by atoms with Crippen LogP contribution in [0.4, 0.5) is 8.78 Å². The highest BCUT2D eigenvalue weighted by Crippen LogP contribution is 2.22. The average molecular weight is 292 g/mol. The molecule has 106 valence electrons. The number of hydrogen-bond acceptors (Lipinski definition) is 3. The second kappa shape index (κ2) is 6.10. The van der Waals surface area contributed by atoms with Crippen molar-refractivity contribution in [3.8, 4) is 0 Å². The minimum atomic E-state index is -4.22. The Labute approximate surface area is 110 Å². The summed E-state index contributed by atoms with van der Waals surface area (Å²) in [6.07, 6.45) is 0.990. The van der Waals surface area contributed by atoms with Crippen molar-refractivity contribution in [1.82, 2.24) is 0 Å². The van der Waals surface area contributed by atoms with Crippen LogP contribution < -0.4 is 0 Å². The topological polar surface area (TPSA) is 71.4 Å². The summed E-state index contributed by atoms with van der Waals surface area (Å²) >= 11 is 0. The molecule has 19 heavy (non-hydrogen) atoms. The van der Waals surface area contributed by atoms with Crippen LogP contribution in [0, 0.1) is 11.6 Å². The summed E-state index contributed by atoms with van der Waals surface area (Å²) in [4.78, 5) is 10.5. The van der Waals surface area contributed by atoms with Gasteiger partial charge in [-0.2, -0.15) is 0 Å². The molecule has 1 N–H and O–H groups in total. The summed E-state index contributed by atoms with van der Waals surface area (Å²) in [5.41, 5.74) is 0. The van der Waals surface area contributed by atoms with E-state index in [4.69, 9.17) is 5.11 Å². The molecule has 1 aromatic carbocycles. The minimum Gasteiger partial charge on any atom is -0.480 e. The van der Waals surface area contributed by atoms with Crippen LogP contribution in [0.3, 0.4) is 0 Å². The van der Waals surface area contributed by atoms with E-state index >= 15 is 0 Å². The molecule has 1 rings (SSSR count). The molecule has 0 bridgehead atoms. The van der Waals surface area contributed by atoms with Crippen molar-refractivity contribution >= 4 is 15.8 Å². The minimum absolute atomic E-state index is 0.0623. The molecule has 0 aliphatic rings. The zero-order valence-corrected chi connectivity index (χ0v) is 11.1. The van der Waals surface area contributed by atoms with Crippen molar-refractivity contribution in [2.75, 3.05) is 0 Å². The number of unbranched alkanes of at least 4 members (excludes halogenated alkanes) is 1. The molecular formula is C12H14F2O4S. The highest BCUT2D eigenvalue weighted by atomic mass is 32.2. The molecule has 1 unspecified atom stereocenters. The molecule has 0 aromatic heterocycles. The maximum atomic E-state index is 13.0. The second-order valence-corrected chi connectivity index (χ2v) is 6.22. The lowest BCUT2D eigenvalue weighted by Crippen LogP contribution is -2.30. The molecule has 0 spiro atoms. The van der Waals surface area contributed by atoms with Crippen molar-refractivity contribution in [2.45, 2.75) is 36.3 Å². The molecule has 0 heterocycles. The SMILES string of the molecule is CCCCC(C(=O)O)S(=O)(=O)c1ccc(F)c(F)c1. The maximum absolute atomic E-state index is 13.0. The van der Waals surface area contributed by atoms with Crippen LogP contribution in [0.5, 0.6) is 0 Å². The van der Waals surface area contributed by atoms with Crippen molar-refractivity contribution in [2.24, 2.45) is 0 Å². The van der Waals surface area contributed by atoms with E-state index < -0.39 is 37.6 Å². The molecule has 4 nitrogen and oxygen atoms in total. The van der Waals surface area contributed by atoms with Crippen molar-refractivity contribution in [1.29, 1.82) is 0 Å². The summed E-state index contributed by atoms with van der Waals surface area (Å²) in [6, 6.07) is 2.04. The molecule has 1 atom stereocenters.